The molecule has 0 saturated carbocycles. The van der Waals surface area contributed by atoms with Crippen LogP contribution < -0.4 is 11.1 Å². The van der Waals surface area contributed by atoms with E-state index >= 15 is 0 Å². The van der Waals surface area contributed by atoms with Crippen LogP contribution in [-0.4, -0.2) is 23.8 Å². The number of ether oxygens (including phenoxy) is 1. The summed E-state index contributed by atoms with van der Waals surface area (Å²) in [6.45, 7) is 0.0950. The van der Waals surface area contributed by atoms with Gasteiger partial charge in [-0.1, -0.05) is 48.5 Å². The Morgan fingerprint density at radius 3 is 2.12 bits per heavy atom. The third kappa shape index (κ3) is 5.24. The topological polar surface area (TPSA) is 98.5 Å². The second kappa shape index (κ2) is 8.47. The largest absolute Gasteiger partial charge is 0.461 e. The molecule has 0 heterocycles. The van der Waals surface area contributed by atoms with E-state index in [2.05, 4.69) is 5.32 Å². The molecule has 0 radical (unpaired) electrons. The number of esters is 1. The van der Waals surface area contributed by atoms with Gasteiger partial charge >= 0.3 is 5.97 Å². The predicted octanol–water partition coefficient (Wildman–Crippen LogP) is 1.40. The van der Waals surface area contributed by atoms with E-state index in [1.807, 2.05) is 30.3 Å². The Bertz CT molecular complexity index is 701. The number of amides is 2. The Labute approximate surface area is 139 Å². The van der Waals surface area contributed by atoms with Crippen molar-refractivity contribution < 1.29 is 19.1 Å². The molecule has 0 aliphatic carbocycles. The standard InChI is InChI=1S/C18H18N2O4/c19-17(22)15(20-18(23)14-9-5-2-6-10-14)11-16(21)24-12-13-7-3-1-4-8-13/h1-10,15H,11-12H2,(H2,19,22)(H,20,23)/t15-/m0/s1. The van der Waals surface area contributed by atoms with E-state index in [1.165, 1.54) is 0 Å². The number of carbonyl (C=O) groups excluding carboxylic acids is 3. The zero-order chi connectivity index (χ0) is 17.4. The summed E-state index contributed by atoms with van der Waals surface area (Å²) in [6, 6.07) is 16.4. The summed E-state index contributed by atoms with van der Waals surface area (Å²) < 4.78 is 5.10. The van der Waals surface area contributed by atoms with Gasteiger partial charge in [-0.2, -0.15) is 0 Å². The first-order chi connectivity index (χ1) is 11.6. The fourth-order valence-corrected chi connectivity index (χ4v) is 2.02. The normalized spacial score (nSPS) is 11.3. The number of benzene rings is 2. The minimum Gasteiger partial charge on any atom is -0.461 e. The molecule has 6 heteroatoms. The Morgan fingerprint density at radius 1 is 0.958 bits per heavy atom. The van der Waals surface area contributed by atoms with Crippen molar-refractivity contribution in [3.05, 3.63) is 71.8 Å². The minimum atomic E-state index is -1.12. The molecule has 2 amide bonds. The van der Waals surface area contributed by atoms with Crippen molar-refractivity contribution in [1.82, 2.24) is 5.32 Å². The highest BCUT2D eigenvalue weighted by Crippen LogP contribution is 2.04. The molecule has 0 aliphatic heterocycles. The lowest BCUT2D eigenvalue weighted by Crippen LogP contribution is -2.45. The molecule has 24 heavy (non-hydrogen) atoms. The average Bonchev–Trinajstić information content (AvgIpc) is 2.61. The molecule has 2 aromatic carbocycles. The number of rotatable bonds is 7. The van der Waals surface area contributed by atoms with E-state index in [9.17, 15) is 14.4 Å². The third-order valence-electron chi connectivity index (χ3n) is 3.30. The average molecular weight is 326 g/mol. The number of hydrogen-bond donors (Lipinski definition) is 2. The van der Waals surface area contributed by atoms with Crippen LogP contribution in [0.15, 0.2) is 60.7 Å². The van der Waals surface area contributed by atoms with Gasteiger partial charge in [0.05, 0.1) is 6.42 Å². The molecule has 0 spiro atoms. The second-order valence-corrected chi connectivity index (χ2v) is 5.14. The summed E-state index contributed by atoms with van der Waals surface area (Å²) in [6.07, 6.45) is -0.319. The predicted molar refractivity (Wildman–Crippen MR) is 87.7 cm³/mol. The highest BCUT2D eigenvalue weighted by atomic mass is 16.5. The molecule has 6 nitrogen and oxygen atoms in total. The van der Waals surface area contributed by atoms with Gasteiger partial charge in [0, 0.05) is 5.56 Å². The molecule has 3 N–H and O–H groups in total. The SMILES string of the molecule is NC(=O)[C@H](CC(=O)OCc1ccccc1)NC(=O)c1ccccc1. The highest BCUT2D eigenvalue weighted by Gasteiger charge is 2.23. The number of nitrogens with two attached hydrogens (primary N) is 1. The van der Waals surface area contributed by atoms with E-state index in [0.29, 0.717) is 5.56 Å². The zero-order valence-corrected chi connectivity index (χ0v) is 13.0. The summed E-state index contributed by atoms with van der Waals surface area (Å²) in [5, 5.41) is 2.45. The number of primary amides is 1. The molecule has 0 fully saturated rings. The van der Waals surface area contributed by atoms with Crippen LogP contribution in [-0.2, 0) is 20.9 Å². The molecule has 1 atom stereocenters. The van der Waals surface area contributed by atoms with Gasteiger partial charge in [-0.3, -0.25) is 14.4 Å². The van der Waals surface area contributed by atoms with Crippen molar-refractivity contribution >= 4 is 17.8 Å². The van der Waals surface area contributed by atoms with Crippen molar-refractivity contribution in [1.29, 1.82) is 0 Å². The van der Waals surface area contributed by atoms with Crippen LogP contribution >= 0.6 is 0 Å². The lowest BCUT2D eigenvalue weighted by atomic mass is 10.1. The maximum Gasteiger partial charge on any atom is 0.308 e. The van der Waals surface area contributed by atoms with Crippen LogP contribution in [0.4, 0.5) is 0 Å². The highest BCUT2D eigenvalue weighted by molar-refractivity contribution is 5.98. The van der Waals surface area contributed by atoms with Crippen LogP contribution in [0.5, 0.6) is 0 Å². The molecule has 0 unspecified atom stereocenters. The van der Waals surface area contributed by atoms with Crippen LogP contribution in [0, 0.1) is 0 Å². The molecular weight excluding hydrogens is 308 g/mol. The number of hydrogen-bond acceptors (Lipinski definition) is 4. The lowest BCUT2D eigenvalue weighted by molar-refractivity contribution is -0.146. The van der Waals surface area contributed by atoms with Crippen molar-refractivity contribution in [2.24, 2.45) is 5.73 Å². The van der Waals surface area contributed by atoms with Crippen LogP contribution in [0.25, 0.3) is 0 Å². The Hall–Kier alpha value is -3.15. The van der Waals surface area contributed by atoms with Gasteiger partial charge in [-0.25, -0.2) is 0 Å². The van der Waals surface area contributed by atoms with E-state index in [-0.39, 0.29) is 13.0 Å². The molecule has 124 valence electrons. The van der Waals surface area contributed by atoms with E-state index in [1.54, 1.807) is 30.3 Å². The van der Waals surface area contributed by atoms with E-state index in [4.69, 9.17) is 10.5 Å². The molecule has 2 aromatic rings. The van der Waals surface area contributed by atoms with Gasteiger partial charge in [-0.05, 0) is 17.7 Å². The number of nitrogens with one attached hydrogen (secondary N) is 1. The summed E-state index contributed by atoms with van der Waals surface area (Å²) in [5.74, 6) is -1.89. The van der Waals surface area contributed by atoms with Crippen molar-refractivity contribution in [2.75, 3.05) is 0 Å². The van der Waals surface area contributed by atoms with Gasteiger partial charge in [0.15, 0.2) is 0 Å². The third-order valence-corrected chi connectivity index (χ3v) is 3.30. The molecule has 0 saturated heterocycles. The molecule has 2 rings (SSSR count). The Kier molecular flexibility index (Phi) is 6.08. The van der Waals surface area contributed by atoms with Gasteiger partial charge in [0.1, 0.15) is 12.6 Å². The molecule has 0 aliphatic rings. The van der Waals surface area contributed by atoms with E-state index < -0.39 is 23.8 Å². The van der Waals surface area contributed by atoms with Crippen molar-refractivity contribution in [3.8, 4) is 0 Å². The molecule has 0 bridgehead atoms. The van der Waals surface area contributed by atoms with Crippen molar-refractivity contribution in [3.63, 3.8) is 0 Å². The van der Waals surface area contributed by atoms with Crippen LogP contribution in [0.3, 0.4) is 0 Å². The molecular formula is C18H18N2O4. The summed E-state index contributed by atoms with van der Waals surface area (Å²) in [7, 11) is 0. The summed E-state index contributed by atoms with van der Waals surface area (Å²) in [5.41, 5.74) is 6.46. The van der Waals surface area contributed by atoms with Crippen LogP contribution in [0.1, 0.15) is 22.3 Å². The minimum absolute atomic E-state index is 0.0950. The first-order valence-electron chi connectivity index (χ1n) is 7.41. The lowest BCUT2D eigenvalue weighted by Gasteiger charge is -2.15. The van der Waals surface area contributed by atoms with Gasteiger partial charge < -0.3 is 15.8 Å². The monoisotopic (exact) mass is 326 g/mol. The number of carbonyl (C=O) groups is 3. The quantitative estimate of drug-likeness (QED) is 0.751. The first kappa shape index (κ1) is 17.2. The van der Waals surface area contributed by atoms with E-state index in [0.717, 1.165) is 5.56 Å². The van der Waals surface area contributed by atoms with Gasteiger partial charge in [0.25, 0.3) is 5.91 Å². The van der Waals surface area contributed by atoms with Crippen LogP contribution in [0.2, 0.25) is 0 Å². The Balaban J connectivity index is 1.89. The summed E-state index contributed by atoms with van der Waals surface area (Å²) >= 11 is 0. The molecule has 0 aromatic heterocycles. The maximum atomic E-state index is 12.0. The first-order valence-corrected chi connectivity index (χ1v) is 7.41. The zero-order valence-electron chi connectivity index (χ0n) is 13.0. The fraction of sp³-hybridized carbons (Fsp3) is 0.167. The van der Waals surface area contributed by atoms with Gasteiger partial charge in [-0.15, -0.1) is 0 Å². The van der Waals surface area contributed by atoms with Gasteiger partial charge in [0.2, 0.25) is 5.91 Å². The smallest absolute Gasteiger partial charge is 0.308 e. The van der Waals surface area contributed by atoms with Crippen molar-refractivity contribution in [2.45, 2.75) is 19.1 Å². The maximum absolute atomic E-state index is 12.0. The Morgan fingerprint density at radius 2 is 1.54 bits per heavy atom. The fourth-order valence-electron chi connectivity index (χ4n) is 2.02. The summed E-state index contributed by atoms with van der Waals surface area (Å²) in [4.78, 5) is 35.4. The second-order valence-electron chi connectivity index (χ2n) is 5.14.